The minimum atomic E-state index is -3.37. The van der Waals surface area contributed by atoms with Gasteiger partial charge in [-0.3, -0.25) is 9.36 Å². The summed E-state index contributed by atoms with van der Waals surface area (Å²) >= 11 is 0. The van der Waals surface area contributed by atoms with Crippen LogP contribution in [0.15, 0.2) is 72.8 Å². The summed E-state index contributed by atoms with van der Waals surface area (Å²) in [5.74, 6) is 0.582. The van der Waals surface area contributed by atoms with E-state index in [1.165, 1.54) is 0 Å². The second-order valence-electron chi connectivity index (χ2n) is 8.56. The van der Waals surface area contributed by atoms with Crippen molar-refractivity contribution >= 4 is 27.0 Å². The molecule has 0 saturated carbocycles. The molecule has 176 valence electrons. The highest BCUT2D eigenvalue weighted by Gasteiger charge is 2.14. The number of aromatic nitrogens is 2. The first-order valence-electron chi connectivity index (χ1n) is 11.1. The summed E-state index contributed by atoms with van der Waals surface area (Å²) < 4.78 is 28.8. The van der Waals surface area contributed by atoms with E-state index in [2.05, 4.69) is 19.6 Å². The summed E-state index contributed by atoms with van der Waals surface area (Å²) in [6, 6.07) is 22.5. The topological polar surface area (TPSA) is 93.1 Å². The molecule has 8 heteroatoms. The molecule has 0 aliphatic carbocycles. The number of fused-ring (bicyclic) bond motifs is 1. The van der Waals surface area contributed by atoms with Gasteiger partial charge in [-0.05, 0) is 62.2 Å². The van der Waals surface area contributed by atoms with Crippen LogP contribution in [0.1, 0.15) is 41.2 Å². The maximum absolute atomic E-state index is 12.7. The summed E-state index contributed by atoms with van der Waals surface area (Å²) in [6.45, 7) is 5.86. The molecular weight excluding hydrogens is 448 g/mol. The van der Waals surface area contributed by atoms with E-state index in [-0.39, 0.29) is 17.7 Å². The monoisotopic (exact) mass is 476 g/mol. The molecule has 0 saturated heterocycles. The highest BCUT2D eigenvalue weighted by molar-refractivity contribution is 7.88. The maximum Gasteiger partial charge on any atom is 0.251 e. The first kappa shape index (κ1) is 23.7. The smallest absolute Gasteiger partial charge is 0.251 e. The van der Waals surface area contributed by atoms with Gasteiger partial charge < -0.3 is 5.32 Å². The molecule has 0 bridgehead atoms. The van der Waals surface area contributed by atoms with Crippen molar-refractivity contribution in [1.82, 2.24) is 19.6 Å². The van der Waals surface area contributed by atoms with E-state index < -0.39 is 10.0 Å². The predicted octanol–water partition coefficient (Wildman–Crippen LogP) is 4.09. The van der Waals surface area contributed by atoms with Crippen LogP contribution in [0, 0.1) is 6.92 Å². The zero-order valence-corrected chi connectivity index (χ0v) is 20.3. The van der Waals surface area contributed by atoms with Crippen molar-refractivity contribution < 1.29 is 13.2 Å². The number of hydrogen-bond donors (Lipinski definition) is 2. The number of nitrogens with one attached hydrogen (secondary N) is 2. The Balaban J connectivity index is 1.43. The molecule has 1 amide bonds. The fourth-order valence-corrected chi connectivity index (χ4v) is 5.34. The number of carbonyl (C=O) groups is 1. The van der Waals surface area contributed by atoms with E-state index in [9.17, 15) is 13.2 Å². The number of para-hydroxylation sites is 1. The van der Waals surface area contributed by atoms with Gasteiger partial charge in [0.15, 0.2) is 0 Å². The third-order valence-corrected chi connectivity index (χ3v) is 6.89. The second kappa shape index (κ2) is 9.79. The minimum absolute atomic E-state index is 0.0765. The van der Waals surface area contributed by atoms with Gasteiger partial charge in [0.2, 0.25) is 10.0 Å². The molecule has 0 radical (unpaired) electrons. The number of hydrogen-bond acceptors (Lipinski definition) is 4. The molecule has 2 N–H and O–H groups in total. The molecule has 34 heavy (non-hydrogen) atoms. The van der Waals surface area contributed by atoms with Crippen LogP contribution in [0.4, 0.5) is 0 Å². The van der Waals surface area contributed by atoms with Crippen LogP contribution in [0.5, 0.6) is 0 Å². The van der Waals surface area contributed by atoms with E-state index >= 15 is 0 Å². The molecule has 0 unspecified atom stereocenters. The molecule has 0 fully saturated rings. The normalized spacial score (nSPS) is 11.8. The standard InChI is InChI=1S/C26H28N4O3S/c1-18(2)29-34(32,33)17-21-11-9-20(10-12-21)16-27-26(31)22-13-14-25-24(15-22)28-19(3)30(25)23-7-5-4-6-8-23/h4-15,18,29H,16-17H2,1-3H3,(H,27,31). The number of rotatable bonds is 8. The van der Waals surface area contributed by atoms with Gasteiger partial charge in [-0.1, -0.05) is 42.5 Å². The van der Waals surface area contributed by atoms with E-state index in [1.807, 2.05) is 55.5 Å². The Labute approximate surface area is 199 Å². The summed E-state index contributed by atoms with van der Waals surface area (Å²) in [6.07, 6.45) is 0. The average Bonchev–Trinajstić information content (AvgIpc) is 3.12. The zero-order valence-electron chi connectivity index (χ0n) is 19.4. The van der Waals surface area contributed by atoms with E-state index in [0.29, 0.717) is 17.7 Å². The fraction of sp³-hybridized carbons (Fsp3) is 0.231. The number of carbonyl (C=O) groups excluding carboxylic acids is 1. The van der Waals surface area contributed by atoms with Gasteiger partial charge in [0, 0.05) is 23.8 Å². The van der Waals surface area contributed by atoms with Crippen LogP contribution in [0.25, 0.3) is 16.7 Å². The van der Waals surface area contributed by atoms with Crippen molar-refractivity contribution in [2.45, 2.75) is 39.1 Å². The Hall–Kier alpha value is -3.49. The van der Waals surface area contributed by atoms with Gasteiger partial charge in [0.25, 0.3) is 5.91 Å². The maximum atomic E-state index is 12.7. The molecule has 3 aromatic carbocycles. The van der Waals surface area contributed by atoms with E-state index in [4.69, 9.17) is 0 Å². The number of imidazole rings is 1. The third-order valence-electron chi connectivity index (χ3n) is 5.35. The molecule has 7 nitrogen and oxygen atoms in total. The average molecular weight is 477 g/mol. The lowest BCUT2D eigenvalue weighted by Crippen LogP contribution is -2.31. The van der Waals surface area contributed by atoms with Crippen LogP contribution in [0.2, 0.25) is 0 Å². The Morgan fingerprint density at radius 3 is 2.32 bits per heavy atom. The van der Waals surface area contributed by atoms with Crippen LogP contribution in [-0.2, 0) is 22.3 Å². The molecule has 4 rings (SSSR count). The van der Waals surface area contributed by atoms with Gasteiger partial charge in [-0.2, -0.15) is 0 Å². The number of nitrogens with zero attached hydrogens (tertiary/aromatic N) is 2. The lowest BCUT2D eigenvalue weighted by atomic mass is 10.1. The summed E-state index contributed by atoms with van der Waals surface area (Å²) in [5, 5.41) is 2.92. The molecule has 0 atom stereocenters. The van der Waals surface area contributed by atoms with Crippen molar-refractivity contribution in [3.8, 4) is 5.69 Å². The highest BCUT2D eigenvalue weighted by atomic mass is 32.2. The zero-order chi connectivity index (χ0) is 24.3. The summed E-state index contributed by atoms with van der Waals surface area (Å²) in [4.78, 5) is 17.4. The van der Waals surface area contributed by atoms with E-state index in [1.54, 1.807) is 38.1 Å². The molecule has 4 aromatic rings. The molecule has 0 spiro atoms. The Kier molecular flexibility index (Phi) is 6.81. The Bertz CT molecular complexity index is 1410. The van der Waals surface area contributed by atoms with E-state index in [0.717, 1.165) is 28.1 Å². The summed E-state index contributed by atoms with van der Waals surface area (Å²) in [5.41, 5.74) is 4.84. The van der Waals surface area contributed by atoms with Crippen molar-refractivity contribution in [3.05, 3.63) is 95.3 Å². The summed E-state index contributed by atoms with van der Waals surface area (Å²) in [7, 11) is -3.37. The SMILES string of the molecule is Cc1nc2cc(C(=O)NCc3ccc(CS(=O)(=O)NC(C)C)cc3)ccc2n1-c1ccccc1. The van der Waals surface area contributed by atoms with Gasteiger partial charge in [0.1, 0.15) is 5.82 Å². The number of sulfonamides is 1. The number of amides is 1. The van der Waals surface area contributed by atoms with Gasteiger partial charge >= 0.3 is 0 Å². The van der Waals surface area contributed by atoms with Gasteiger partial charge in [0.05, 0.1) is 16.8 Å². The van der Waals surface area contributed by atoms with Crippen molar-refractivity contribution in [1.29, 1.82) is 0 Å². The number of benzene rings is 3. The lowest BCUT2D eigenvalue weighted by Gasteiger charge is -2.10. The quantitative estimate of drug-likeness (QED) is 0.401. The first-order valence-corrected chi connectivity index (χ1v) is 12.8. The van der Waals surface area contributed by atoms with Gasteiger partial charge in [-0.15, -0.1) is 0 Å². The number of aryl methyl sites for hydroxylation is 1. The molecule has 0 aliphatic heterocycles. The molecular formula is C26H28N4O3S. The second-order valence-corrected chi connectivity index (χ2v) is 10.3. The van der Waals surface area contributed by atoms with Crippen LogP contribution in [0.3, 0.4) is 0 Å². The van der Waals surface area contributed by atoms with Crippen molar-refractivity contribution in [2.24, 2.45) is 0 Å². The largest absolute Gasteiger partial charge is 0.348 e. The predicted molar refractivity (Wildman–Crippen MR) is 134 cm³/mol. The highest BCUT2D eigenvalue weighted by Crippen LogP contribution is 2.22. The Morgan fingerprint density at radius 1 is 0.971 bits per heavy atom. The van der Waals surface area contributed by atoms with Crippen molar-refractivity contribution in [2.75, 3.05) is 0 Å². The minimum Gasteiger partial charge on any atom is -0.348 e. The van der Waals surface area contributed by atoms with Crippen molar-refractivity contribution in [3.63, 3.8) is 0 Å². The fourth-order valence-electron chi connectivity index (χ4n) is 3.90. The molecule has 0 aliphatic rings. The third kappa shape index (κ3) is 5.52. The van der Waals surface area contributed by atoms with Crippen LogP contribution >= 0.6 is 0 Å². The van der Waals surface area contributed by atoms with Crippen LogP contribution < -0.4 is 10.0 Å². The molecule has 1 aromatic heterocycles. The Morgan fingerprint density at radius 2 is 1.65 bits per heavy atom. The van der Waals surface area contributed by atoms with Gasteiger partial charge in [-0.25, -0.2) is 18.1 Å². The van der Waals surface area contributed by atoms with Crippen LogP contribution in [-0.4, -0.2) is 29.9 Å². The molecule has 1 heterocycles. The first-order chi connectivity index (χ1) is 16.2. The lowest BCUT2D eigenvalue weighted by molar-refractivity contribution is 0.0951.